The molecule has 1 saturated carbocycles. The van der Waals surface area contributed by atoms with Gasteiger partial charge >= 0.3 is 0 Å². The number of aryl methyl sites for hydroxylation is 1. The first kappa shape index (κ1) is 14.9. The van der Waals surface area contributed by atoms with Crippen LogP contribution in [0.1, 0.15) is 44.1 Å². The molecule has 2 N–H and O–H groups in total. The van der Waals surface area contributed by atoms with Crippen LogP contribution in [0.4, 0.5) is 0 Å². The van der Waals surface area contributed by atoms with E-state index in [2.05, 4.69) is 28.1 Å². The minimum atomic E-state index is 0.508. The molecule has 0 heterocycles. The molecule has 1 aliphatic rings. The van der Waals surface area contributed by atoms with E-state index in [4.69, 9.17) is 10.5 Å². The van der Waals surface area contributed by atoms with E-state index >= 15 is 0 Å². The van der Waals surface area contributed by atoms with Crippen LogP contribution in [0.3, 0.4) is 0 Å². The predicted molar refractivity (Wildman–Crippen MR) is 83.6 cm³/mol. The van der Waals surface area contributed by atoms with Crippen molar-refractivity contribution >= 4 is 15.9 Å². The van der Waals surface area contributed by atoms with Crippen LogP contribution >= 0.6 is 15.9 Å². The fourth-order valence-corrected chi connectivity index (χ4v) is 3.87. The van der Waals surface area contributed by atoms with Crippen molar-refractivity contribution in [2.24, 2.45) is 11.1 Å². The molecule has 1 aromatic rings. The average molecular weight is 326 g/mol. The van der Waals surface area contributed by atoms with Crippen molar-refractivity contribution in [3.05, 3.63) is 28.2 Å². The third-order valence-corrected chi connectivity index (χ3v) is 5.26. The molecule has 0 radical (unpaired) electrons. The molecule has 1 aromatic carbocycles. The van der Waals surface area contributed by atoms with Crippen LogP contribution < -0.4 is 10.5 Å². The summed E-state index contributed by atoms with van der Waals surface area (Å²) in [4.78, 5) is 0. The highest BCUT2D eigenvalue weighted by molar-refractivity contribution is 9.10. The van der Waals surface area contributed by atoms with Gasteiger partial charge < -0.3 is 10.5 Å². The second-order valence-electron chi connectivity index (χ2n) is 5.70. The molecule has 0 aromatic heterocycles. The molecule has 0 saturated heterocycles. The molecule has 0 spiro atoms. The summed E-state index contributed by atoms with van der Waals surface area (Å²) in [5, 5.41) is 0. The molecule has 0 unspecified atom stereocenters. The quantitative estimate of drug-likeness (QED) is 0.846. The van der Waals surface area contributed by atoms with Gasteiger partial charge in [-0.15, -0.1) is 0 Å². The molecule has 2 rings (SSSR count). The fraction of sp³-hybridized carbons (Fsp3) is 0.625. The highest BCUT2D eigenvalue weighted by Gasteiger charge is 2.32. The molecule has 19 heavy (non-hydrogen) atoms. The van der Waals surface area contributed by atoms with Gasteiger partial charge in [0.05, 0.1) is 7.11 Å². The van der Waals surface area contributed by atoms with Gasteiger partial charge in [-0.1, -0.05) is 34.8 Å². The lowest BCUT2D eigenvalue weighted by molar-refractivity contribution is 0.253. The van der Waals surface area contributed by atoms with Crippen molar-refractivity contribution < 1.29 is 4.74 Å². The average Bonchev–Trinajstić information content (AvgIpc) is 2.87. The van der Waals surface area contributed by atoms with Crippen molar-refractivity contribution in [3.8, 4) is 5.75 Å². The number of nitrogens with two attached hydrogens (primary N) is 1. The van der Waals surface area contributed by atoms with E-state index in [-0.39, 0.29) is 0 Å². The Labute approximate surface area is 124 Å². The topological polar surface area (TPSA) is 35.2 Å². The minimum absolute atomic E-state index is 0.508. The summed E-state index contributed by atoms with van der Waals surface area (Å²) in [6, 6.07) is 6.28. The Balaban J connectivity index is 2.01. The Morgan fingerprint density at radius 1 is 1.26 bits per heavy atom. The summed E-state index contributed by atoms with van der Waals surface area (Å²) < 4.78 is 6.40. The van der Waals surface area contributed by atoms with Gasteiger partial charge in [-0.2, -0.15) is 0 Å². The number of hydrogen-bond donors (Lipinski definition) is 1. The molecule has 1 fully saturated rings. The molecular weight excluding hydrogens is 302 g/mol. The Morgan fingerprint density at radius 3 is 2.58 bits per heavy atom. The monoisotopic (exact) mass is 325 g/mol. The SMILES string of the molecule is COc1ccc(CCC2(CCN)CCCC2)c(Br)c1. The molecule has 3 heteroatoms. The van der Waals surface area contributed by atoms with E-state index in [1.807, 2.05) is 6.07 Å². The van der Waals surface area contributed by atoms with E-state index in [0.29, 0.717) is 5.41 Å². The Morgan fingerprint density at radius 2 is 2.00 bits per heavy atom. The fourth-order valence-electron chi connectivity index (χ4n) is 3.31. The van der Waals surface area contributed by atoms with Gasteiger partial charge in [-0.05, 0) is 61.8 Å². The van der Waals surface area contributed by atoms with Crippen molar-refractivity contribution in [1.82, 2.24) is 0 Å². The summed E-state index contributed by atoms with van der Waals surface area (Å²) in [5.74, 6) is 0.910. The van der Waals surface area contributed by atoms with Crippen LogP contribution in [0.25, 0.3) is 0 Å². The maximum absolute atomic E-state index is 5.80. The molecule has 0 bridgehead atoms. The zero-order valence-corrected chi connectivity index (χ0v) is 13.3. The first-order chi connectivity index (χ1) is 9.19. The number of rotatable bonds is 6. The van der Waals surface area contributed by atoms with Gasteiger partial charge in [0.2, 0.25) is 0 Å². The van der Waals surface area contributed by atoms with Crippen LogP contribution in [0.2, 0.25) is 0 Å². The summed E-state index contributed by atoms with van der Waals surface area (Å²) >= 11 is 3.65. The van der Waals surface area contributed by atoms with Crippen molar-refractivity contribution in [2.75, 3.05) is 13.7 Å². The largest absolute Gasteiger partial charge is 0.497 e. The van der Waals surface area contributed by atoms with Crippen LogP contribution in [0, 0.1) is 5.41 Å². The number of ether oxygens (including phenoxy) is 1. The second kappa shape index (κ2) is 6.76. The molecule has 0 atom stereocenters. The van der Waals surface area contributed by atoms with E-state index in [1.165, 1.54) is 44.1 Å². The second-order valence-corrected chi connectivity index (χ2v) is 6.56. The van der Waals surface area contributed by atoms with Gasteiger partial charge in [0.25, 0.3) is 0 Å². The van der Waals surface area contributed by atoms with Crippen molar-refractivity contribution in [3.63, 3.8) is 0 Å². The number of methoxy groups -OCH3 is 1. The standard InChI is InChI=1S/C16H24BrNO/c1-19-14-5-4-13(15(17)12-14)6-9-16(10-11-18)7-2-3-8-16/h4-5,12H,2-3,6-11,18H2,1H3. The molecular formula is C16H24BrNO. The zero-order chi connectivity index (χ0) is 13.7. The zero-order valence-electron chi connectivity index (χ0n) is 11.8. The van der Waals surface area contributed by atoms with Crippen molar-refractivity contribution in [2.45, 2.75) is 44.9 Å². The summed E-state index contributed by atoms with van der Waals surface area (Å²) in [6.45, 7) is 0.823. The van der Waals surface area contributed by atoms with Gasteiger partial charge in [0, 0.05) is 4.47 Å². The van der Waals surface area contributed by atoms with Crippen LogP contribution in [-0.4, -0.2) is 13.7 Å². The highest BCUT2D eigenvalue weighted by atomic mass is 79.9. The lowest BCUT2D eigenvalue weighted by Gasteiger charge is -2.28. The highest BCUT2D eigenvalue weighted by Crippen LogP contribution is 2.44. The normalized spacial score (nSPS) is 17.6. The maximum Gasteiger partial charge on any atom is 0.120 e. The van der Waals surface area contributed by atoms with Crippen LogP contribution in [0.15, 0.2) is 22.7 Å². The van der Waals surface area contributed by atoms with E-state index in [0.717, 1.165) is 23.2 Å². The first-order valence-electron chi connectivity index (χ1n) is 7.22. The van der Waals surface area contributed by atoms with E-state index in [9.17, 15) is 0 Å². The Hall–Kier alpha value is -0.540. The molecule has 2 nitrogen and oxygen atoms in total. The first-order valence-corrected chi connectivity index (χ1v) is 8.01. The number of benzene rings is 1. The van der Waals surface area contributed by atoms with Crippen LogP contribution in [-0.2, 0) is 6.42 Å². The molecule has 0 aliphatic heterocycles. The maximum atomic E-state index is 5.80. The van der Waals surface area contributed by atoms with Crippen molar-refractivity contribution in [1.29, 1.82) is 0 Å². The van der Waals surface area contributed by atoms with Gasteiger partial charge in [0.15, 0.2) is 0 Å². The smallest absolute Gasteiger partial charge is 0.120 e. The van der Waals surface area contributed by atoms with Gasteiger partial charge in [-0.25, -0.2) is 0 Å². The third kappa shape index (κ3) is 3.73. The predicted octanol–water partition coefficient (Wildman–Crippen LogP) is 4.30. The van der Waals surface area contributed by atoms with Gasteiger partial charge in [-0.3, -0.25) is 0 Å². The lowest BCUT2D eigenvalue weighted by Crippen LogP contribution is -2.21. The molecule has 1 aliphatic carbocycles. The Bertz CT molecular complexity index is 413. The van der Waals surface area contributed by atoms with Crippen LogP contribution in [0.5, 0.6) is 5.75 Å². The minimum Gasteiger partial charge on any atom is -0.497 e. The Kier molecular flexibility index (Phi) is 5.28. The number of halogens is 1. The summed E-state index contributed by atoms with van der Waals surface area (Å²) in [7, 11) is 1.70. The lowest BCUT2D eigenvalue weighted by atomic mass is 9.78. The molecule has 0 amide bonds. The third-order valence-electron chi connectivity index (χ3n) is 4.52. The summed E-state index contributed by atoms with van der Waals surface area (Å²) in [5.41, 5.74) is 7.69. The van der Waals surface area contributed by atoms with E-state index < -0.39 is 0 Å². The number of hydrogen-bond acceptors (Lipinski definition) is 2. The molecule has 106 valence electrons. The summed E-state index contributed by atoms with van der Waals surface area (Å²) in [6.07, 6.45) is 9.05. The van der Waals surface area contributed by atoms with Gasteiger partial charge in [0.1, 0.15) is 5.75 Å². The van der Waals surface area contributed by atoms with E-state index in [1.54, 1.807) is 7.11 Å².